The highest BCUT2D eigenvalue weighted by atomic mass is 32.2. The van der Waals surface area contributed by atoms with Gasteiger partial charge in [-0.1, -0.05) is 6.92 Å². The quantitative estimate of drug-likeness (QED) is 0.365. The molecule has 1 aliphatic heterocycles. The number of aromatic nitrogens is 3. The summed E-state index contributed by atoms with van der Waals surface area (Å²) in [5, 5.41) is 2.73. The third kappa shape index (κ3) is 4.52. The summed E-state index contributed by atoms with van der Waals surface area (Å²) in [5.41, 5.74) is 4.10. The van der Waals surface area contributed by atoms with Gasteiger partial charge < -0.3 is 14.4 Å². The van der Waals surface area contributed by atoms with Gasteiger partial charge in [0.25, 0.3) is 0 Å². The van der Waals surface area contributed by atoms with Crippen molar-refractivity contribution < 1.29 is 13.7 Å². The van der Waals surface area contributed by atoms with Gasteiger partial charge in [-0.15, -0.1) is 15.6 Å². The van der Waals surface area contributed by atoms with Crippen molar-refractivity contribution in [1.29, 1.82) is 0 Å². The van der Waals surface area contributed by atoms with Crippen LogP contribution in [-0.4, -0.2) is 62.1 Å². The molecular weight excluding hydrogens is 487 g/mol. The lowest BCUT2D eigenvalue weighted by atomic mass is 10.2. The number of hydrogen-bond donors (Lipinski definition) is 0. The summed E-state index contributed by atoms with van der Waals surface area (Å²) in [6, 6.07) is 10.1. The van der Waals surface area contributed by atoms with Crippen LogP contribution in [0.1, 0.15) is 12.6 Å². The van der Waals surface area contributed by atoms with Gasteiger partial charge in [-0.05, 0) is 42.8 Å². The van der Waals surface area contributed by atoms with Gasteiger partial charge in [0.05, 0.1) is 23.6 Å². The second-order valence-corrected chi connectivity index (χ2v) is 10.5. The smallest absolute Gasteiger partial charge is 0.245 e. The molecule has 0 aliphatic carbocycles. The number of nitrogens with zero attached hydrogens (tertiary/aromatic N) is 6. The molecule has 0 radical (unpaired) electrons. The van der Waals surface area contributed by atoms with Gasteiger partial charge in [0, 0.05) is 42.1 Å². The second kappa shape index (κ2) is 9.57. The number of imidazole rings is 1. The van der Waals surface area contributed by atoms with Gasteiger partial charge in [0.15, 0.2) is 5.13 Å². The van der Waals surface area contributed by atoms with Crippen LogP contribution in [0.4, 0.5) is 21.0 Å². The lowest BCUT2D eigenvalue weighted by Gasteiger charge is -2.33. The summed E-state index contributed by atoms with van der Waals surface area (Å²) < 4.78 is 28.8. The molecule has 4 aromatic rings. The van der Waals surface area contributed by atoms with E-state index in [-0.39, 0.29) is 18.3 Å². The Morgan fingerprint density at radius 3 is 2.63 bits per heavy atom. The number of amides is 1. The number of hydrogen-bond acceptors (Lipinski definition) is 7. The van der Waals surface area contributed by atoms with Crippen molar-refractivity contribution in [3.05, 3.63) is 59.5 Å². The molecule has 11 heteroatoms. The molecule has 1 aromatic carbocycles. The van der Waals surface area contributed by atoms with Crippen LogP contribution < -0.4 is 9.80 Å². The maximum Gasteiger partial charge on any atom is 0.245 e. The highest BCUT2D eigenvalue weighted by Crippen LogP contribution is 2.34. The van der Waals surface area contributed by atoms with Crippen LogP contribution in [0.3, 0.4) is 0 Å². The van der Waals surface area contributed by atoms with Gasteiger partial charge in [0.1, 0.15) is 30.1 Å². The predicted molar refractivity (Wildman–Crippen MR) is 138 cm³/mol. The van der Waals surface area contributed by atoms with Crippen molar-refractivity contribution in [3.63, 3.8) is 0 Å². The van der Waals surface area contributed by atoms with Crippen LogP contribution in [-0.2, 0) is 22.6 Å². The Hall–Kier alpha value is -2.99. The number of thiazole rings is 1. The van der Waals surface area contributed by atoms with Crippen molar-refractivity contribution in [2.24, 2.45) is 0 Å². The van der Waals surface area contributed by atoms with E-state index in [1.807, 2.05) is 40.1 Å². The first-order valence-corrected chi connectivity index (χ1v) is 13.6. The van der Waals surface area contributed by atoms with E-state index < -0.39 is 11.4 Å². The number of carbonyl (C=O) groups excluding carboxylic acids is 1. The van der Waals surface area contributed by atoms with E-state index in [1.165, 1.54) is 23.5 Å². The summed E-state index contributed by atoms with van der Waals surface area (Å²) in [7, 11) is 1.95. The summed E-state index contributed by atoms with van der Waals surface area (Å²) in [4.78, 5) is 26.1. The summed E-state index contributed by atoms with van der Waals surface area (Å²) >= 11 is 0.330. The van der Waals surface area contributed by atoms with Gasteiger partial charge in [-0.3, -0.25) is 9.20 Å². The standard InChI is InChI=1S/C24H25FN6O2S2/c1-4-19-23(28(2)24-27-20(15-34-24)16-5-7-17(25)8-6-16)31-13-18(9-10-21(31)26-19)30-12-11-29(35(3)33)14-22(30)32/h5-10,13,15H,4,11-12,14H2,1-3H3. The van der Waals surface area contributed by atoms with Crippen LogP contribution in [0.2, 0.25) is 0 Å². The minimum absolute atomic E-state index is 0.0830. The molecule has 0 N–H and O–H groups in total. The Morgan fingerprint density at radius 1 is 1.17 bits per heavy atom. The third-order valence-electron chi connectivity index (χ3n) is 6.08. The molecule has 0 spiro atoms. The Morgan fingerprint density at radius 2 is 1.94 bits per heavy atom. The van der Waals surface area contributed by atoms with Gasteiger partial charge in [0.2, 0.25) is 5.91 Å². The van der Waals surface area contributed by atoms with E-state index in [0.29, 0.717) is 13.1 Å². The molecule has 182 valence electrons. The van der Waals surface area contributed by atoms with Crippen molar-refractivity contribution in [2.45, 2.75) is 13.3 Å². The number of anilines is 3. The summed E-state index contributed by atoms with van der Waals surface area (Å²) in [6.45, 7) is 3.20. The van der Waals surface area contributed by atoms with Crippen LogP contribution in [0.15, 0.2) is 48.0 Å². The molecule has 1 amide bonds. The minimum atomic E-state index is -1.17. The SMILES string of the molecule is CCc1nc2ccc(N3CCN([S+](C)[O-])CC3=O)cn2c1N(C)c1nc(-c2ccc(F)cc2)cs1. The van der Waals surface area contributed by atoms with Crippen molar-refractivity contribution >= 4 is 50.9 Å². The van der Waals surface area contributed by atoms with E-state index >= 15 is 0 Å². The Kier molecular flexibility index (Phi) is 6.49. The molecule has 5 rings (SSSR count). The lowest BCUT2D eigenvalue weighted by Crippen LogP contribution is -2.52. The molecule has 0 saturated carbocycles. The fourth-order valence-corrected chi connectivity index (χ4v) is 5.66. The number of aryl methyl sites for hydroxylation is 1. The number of carbonyl (C=O) groups is 1. The first-order valence-electron chi connectivity index (χ1n) is 11.2. The second-order valence-electron chi connectivity index (χ2n) is 8.27. The Balaban J connectivity index is 1.49. The fraction of sp³-hybridized carbons (Fsp3) is 0.292. The molecule has 8 nitrogen and oxygen atoms in total. The van der Waals surface area contributed by atoms with E-state index in [0.717, 1.165) is 45.7 Å². The number of rotatable bonds is 6. The topological polar surface area (TPSA) is 80.0 Å². The zero-order valence-electron chi connectivity index (χ0n) is 19.6. The van der Waals surface area contributed by atoms with E-state index in [4.69, 9.17) is 9.97 Å². The van der Waals surface area contributed by atoms with Gasteiger partial charge >= 0.3 is 0 Å². The molecular formula is C24H25FN6O2S2. The normalized spacial score (nSPS) is 15.7. The summed E-state index contributed by atoms with van der Waals surface area (Å²) in [6.07, 6.45) is 4.25. The van der Waals surface area contributed by atoms with Gasteiger partial charge in [-0.25, -0.2) is 14.4 Å². The molecule has 4 heterocycles. The van der Waals surface area contributed by atoms with Crippen LogP contribution in [0.25, 0.3) is 16.9 Å². The molecule has 35 heavy (non-hydrogen) atoms. The van der Waals surface area contributed by atoms with Crippen molar-refractivity contribution in [3.8, 4) is 11.3 Å². The zero-order valence-corrected chi connectivity index (χ0v) is 21.3. The maximum absolute atomic E-state index is 13.3. The molecule has 1 fully saturated rings. The average Bonchev–Trinajstić information content (AvgIpc) is 3.48. The molecule has 1 atom stereocenters. The van der Waals surface area contributed by atoms with E-state index in [2.05, 4.69) is 6.92 Å². The minimum Gasteiger partial charge on any atom is -0.598 e. The highest BCUT2D eigenvalue weighted by molar-refractivity contribution is 7.88. The number of pyridine rings is 1. The molecule has 1 aliphatic rings. The molecule has 0 bridgehead atoms. The predicted octanol–water partition coefficient (Wildman–Crippen LogP) is 3.87. The number of piperazine rings is 1. The number of benzene rings is 1. The molecule has 1 unspecified atom stereocenters. The first-order chi connectivity index (χ1) is 16.9. The average molecular weight is 513 g/mol. The zero-order chi connectivity index (χ0) is 24.7. The van der Waals surface area contributed by atoms with E-state index in [9.17, 15) is 13.7 Å². The van der Waals surface area contributed by atoms with Crippen molar-refractivity contribution in [2.75, 3.05) is 42.7 Å². The first kappa shape index (κ1) is 23.7. The van der Waals surface area contributed by atoms with Crippen molar-refractivity contribution in [1.82, 2.24) is 18.7 Å². The molecule has 1 saturated heterocycles. The molecule has 3 aromatic heterocycles. The van der Waals surface area contributed by atoms with E-state index in [1.54, 1.807) is 27.6 Å². The maximum atomic E-state index is 13.3. The summed E-state index contributed by atoms with van der Waals surface area (Å²) in [5.74, 6) is 0.517. The van der Waals surface area contributed by atoms with Crippen LogP contribution >= 0.6 is 11.3 Å². The third-order valence-corrected chi connectivity index (χ3v) is 8.04. The highest BCUT2D eigenvalue weighted by Gasteiger charge is 2.30. The number of halogens is 1. The van der Waals surface area contributed by atoms with Crippen LogP contribution in [0, 0.1) is 5.82 Å². The number of fused-ring (bicyclic) bond motifs is 1. The fourth-order valence-electron chi connectivity index (χ4n) is 4.23. The monoisotopic (exact) mass is 512 g/mol. The Bertz CT molecular complexity index is 1370. The Labute approximate surface area is 209 Å². The van der Waals surface area contributed by atoms with Crippen LogP contribution in [0.5, 0.6) is 0 Å². The van der Waals surface area contributed by atoms with Gasteiger partial charge in [-0.2, -0.15) is 0 Å². The lowest BCUT2D eigenvalue weighted by molar-refractivity contribution is -0.119. The largest absolute Gasteiger partial charge is 0.598 e.